The van der Waals surface area contributed by atoms with Gasteiger partial charge in [-0.25, -0.2) is 4.98 Å². The van der Waals surface area contributed by atoms with Gasteiger partial charge in [0.1, 0.15) is 0 Å². The Kier molecular flexibility index (Phi) is 3.17. The first-order valence-corrected chi connectivity index (χ1v) is 7.05. The average Bonchev–Trinajstić information content (AvgIpc) is 2.81. The maximum absolute atomic E-state index is 4.65. The Hall–Kier alpha value is -1.94. The van der Waals surface area contributed by atoms with Gasteiger partial charge in [0, 0.05) is 6.20 Å². The quantitative estimate of drug-likeness (QED) is 0.783. The number of fused-ring (bicyclic) bond motifs is 1. The maximum atomic E-state index is 4.65. The van der Waals surface area contributed by atoms with Crippen LogP contribution < -0.4 is 5.32 Å². The molecule has 3 aromatic rings. The minimum atomic E-state index is 0.707. The maximum Gasteiger partial charge on any atom is 0.184 e. The van der Waals surface area contributed by atoms with Crippen LogP contribution in [0, 0.1) is 13.8 Å². The van der Waals surface area contributed by atoms with Crippen molar-refractivity contribution >= 4 is 26.7 Å². The van der Waals surface area contributed by atoms with E-state index in [1.165, 1.54) is 15.8 Å². The summed E-state index contributed by atoms with van der Waals surface area (Å²) in [5.74, 6) is 0. The second kappa shape index (κ2) is 4.97. The van der Waals surface area contributed by atoms with Gasteiger partial charge < -0.3 is 5.32 Å². The smallest absolute Gasteiger partial charge is 0.184 e. The van der Waals surface area contributed by atoms with Crippen molar-refractivity contribution in [2.75, 3.05) is 5.32 Å². The van der Waals surface area contributed by atoms with E-state index in [0.29, 0.717) is 6.54 Å². The van der Waals surface area contributed by atoms with Crippen LogP contribution in [0.4, 0.5) is 5.13 Å². The molecule has 3 nitrogen and oxygen atoms in total. The highest BCUT2D eigenvalue weighted by atomic mass is 32.1. The van der Waals surface area contributed by atoms with Crippen LogP contribution in [0.5, 0.6) is 0 Å². The molecule has 0 bridgehead atoms. The molecule has 1 aromatic carbocycles. The van der Waals surface area contributed by atoms with Gasteiger partial charge in [0.25, 0.3) is 0 Å². The van der Waals surface area contributed by atoms with Crippen LogP contribution in [0.2, 0.25) is 0 Å². The summed E-state index contributed by atoms with van der Waals surface area (Å²) in [6.07, 6.45) is 1.81. The number of hydrogen-bond donors (Lipinski definition) is 1. The van der Waals surface area contributed by atoms with Gasteiger partial charge in [-0.3, -0.25) is 4.98 Å². The van der Waals surface area contributed by atoms with Gasteiger partial charge in [-0.05, 0) is 43.2 Å². The molecule has 0 atom stereocenters. The molecule has 96 valence electrons. The van der Waals surface area contributed by atoms with Crippen LogP contribution in [-0.2, 0) is 6.54 Å². The van der Waals surface area contributed by atoms with Crippen molar-refractivity contribution in [1.82, 2.24) is 9.97 Å². The molecule has 1 N–H and O–H groups in total. The molecule has 0 saturated heterocycles. The fourth-order valence-electron chi connectivity index (χ4n) is 2.12. The lowest BCUT2D eigenvalue weighted by atomic mass is 10.1. The summed E-state index contributed by atoms with van der Waals surface area (Å²) in [6, 6.07) is 10.3. The first kappa shape index (κ1) is 12.1. The van der Waals surface area contributed by atoms with E-state index in [4.69, 9.17) is 0 Å². The van der Waals surface area contributed by atoms with Crippen molar-refractivity contribution in [3.63, 3.8) is 0 Å². The Labute approximate surface area is 116 Å². The highest BCUT2D eigenvalue weighted by molar-refractivity contribution is 7.22. The number of anilines is 1. The molecule has 0 amide bonds. The summed E-state index contributed by atoms with van der Waals surface area (Å²) >= 11 is 1.69. The number of nitrogens with zero attached hydrogens (tertiary/aromatic N) is 2. The molecule has 4 heteroatoms. The van der Waals surface area contributed by atoms with E-state index in [1.807, 2.05) is 24.4 Å². The number of aromatic nitrogens is 2. The van der Waals surface area contributed by atoms with E-state index in [9.17, 15) is 0 Å². The normalized spacial score (nSPS) is 10.8. The van der Waals surface area contributed by atoms with Gasteiger partial charge in [-0.2, -0.15) is 0 Å². The highest BCUT2D eigenvalue weighted by Gasteiger charge is 2.06. The predicted octanol–water partition coefficient (Wildman–Crippen LogP) is 3.92. The Balaban J connectivity index is 1.84. The topological polar surface area (TPSA) is 37.8 Å². The number of aryl methyl sites for hydroxylation is 2. The summed E-state index contributed by atoms with van der Waals surface area (Å²) in [6.45, 7) is 4.93. The zero-order valence-corrected chi connectivity index (χ0v) is 11.8. The zero-order chi connectivity index (χ0) is 13.2. The molecular formula is C15H15N3S. The van der Waals surface area contributed by atoms with E-state index < -0.39 is 0 Å². The standard InChI is InChI=1S/C15H15N3S/c1-10-7-11(2)14-13(8-10)19-15(18-14)17-9-12-5-3-4-6-16-12/h3-8H,9H2,1-2H3,(H,17,18). The van der Waals surface area contributed by atoms with Crippen LogP contribution >= 0.6 is 11.3 Å². The lowest BCUT2D eigenvalue weighted by Crippen LogP contribution is -2.00. The summed E-state index contributed by atoms with van der Waals surface area (Å²) in [5, 5.41) is 4.30. The van der Waals surface area contributed by atoms with Crippen molar-refractivity contribution in [1.29, 1.82) is 0 Å². The third-order valence-electron chi connectivity index (χ3n) is 2.98. The minimum Gasteiger partial charge on any atom is -0.356 e. The van der Waals surface area contributed by atoms with Gasteiger partial charge in [0.15, 0.2) is 5.13 Å². The molecular weight excluding hydrogens is 254 g/mol. The van der Waals surface area contributed by atoms with E-state index in [-0.39, 0.29) is 0 Å². The van der Waals surface area contributed by atoms with E-state index in [0.717, 1.165) is 16.3 Å². The summed E-state index contributed by atoms with van der Waals surface area (Å²) in [5.41, 5.74) is 4.64. The van der Waals surface area contributed by atoms with Crippen molar-refractivity contribution in [3.05, 3.63) is 53.3 Å². The van der Waals surface area contributed by atoms with E-state index >= 15 is 0 Å². The second-order valence-electron chi connectivity index (χ2n) is 4.62. The largest absolute Gasteiger partial charge is 0.356 e. The van der Waals surface area contributed by atoms with Crippen molar-refractivity contribution < 1.29 is 0 Å². The highest BCUT2D eigenvalue weighted by Crippen LogP contribution is 2.29. The van der Waals surface area contributed by atoms with Crippen LogP contribution in [0.25, 0.3) is 10.2 Å². The molecule has 0 aliphatic carbocycles. The van der Waals surface area contributed by atoms with Crippen LogP contribution in [0.1, 0.15) is 16.8 Å². The lowest BCUT2D eigenvalue weighted by molar-refractivity contribution is 1.04. The van der Waals surface area contributed by atoms with Crippen molar-refractivity contribution in [3.8, 4) is 0 Å². The minimum absolute atomic E-state index is 0.707. The number of rotatable bonds is 3. The Bertz CT molecular complexity index is 704. The molecule has 0 fully saturated rings. The van der Waals surface area contributed by atoms with Gasteiger partial charge in [0.2, 0.25) is 0 Å². The van der Waals surface area contributed by atoms with Crippen LogP contribution in [-0.4, -0.2) is 9.97 Å². The van der Waals surface area contributed by atoms with Gasteiger partial charge in [-0.1, -0.05) is 23.5 Å². The molecule has 3 rings (SSSR count). The fraction of sp³-hybridized carbons (Fsp3) is 0.200. The number of pyridine rings is 1. The number of hydrogen-bond acceptors (Lipinski definition) is 4. The Morgan fingerprint density at radius 2 is 2.11 bits per heavy atom. The zero-order valence-electron chi connectivity index (χ0n) is 11.0. The van der Waals surface area contributed by atoms with E-state index in [2.05, 4.69) is 41.3 Å². The average molecular weight is 269 g/mol. The summed E-state index contributed by atoms with van der Waals surface area (Å²) in [7, 11) is 0. The fourth-order valence-corrected chi connectivity index (χ4v) is 3.15. The number of thiazole rings is 1. The first-order chi connectivity index (χ1) is 9.22. The number of nitrogens with one attached hydrogen (secondary N) is 1. The van der Waals surface area contributed by atoms with Crippen LogP contribution in [0.3, 0.4) is 0 Å². The third-order valence-corrected chi connectivity index (χ3v) is 3.94. The van der Waals surface area contributed by atoms with Crippen LogP contribution in [0.15, 0.2) is 36.5 Å². The van der Waals surface area contributed by atoms with E-state index in [1.54, 1.807) is 11.3 Å². The summed E-state index contributed by atoms with van der Waals surface area (Å²) < 4.78 is 1.24. The van der Waals surface area contributed by atoms with Crippen molar-refractivity contribution in [2.24, 2.45) is 0 Å². The Morgan fingerprint density at radius 3 is 2.89 bits per heavy atom. The molecule has 0 radical (unpaired) electrons. The summed E-state index contributed by atoms with van der Waals surface area (Å²) in [4.78, 5) is 8.94. The second-order valence-corrected chi connectivity index (χ2v) is 5.65. The van der Waals surface area contributed by atoms with Crippen molar-refractivity contribution in [2.45, 2.75) is 20.4 Å². The van der Waals surface area contributed by atoms with Gasteiger partial charge >= 0.3 is 0 Å². The Morgan fingerprint density at radius 1 is 1.21 bits per heavy atom. The molecule has 0 saturated carbocycles. The monoisotopic (exact) mass is 269 g/mol. The molecule has 19 heavy (non-hydrogen) atoms. The van der Waals surface area contributed by atoms with Gasteiger partial charge in [0.05, 0.1) is 22.5 Å². The molecule has 2 heterocycles. The molecule has 0 aliphatic heterocycles. The van der Waals surface area contributed by atoms with Gasteiger partial charge in [-0.15, -0.1) is 0 Å². The predicted molar refractivity (Wildman–Crippen MR) is 80.7 cm³/mol. The third kappa shape index (κ3) is 2.58. The SMILES string of the molecule is Cc1cc(C)c2nc(NCc3ccccn3)sc2c1. The molecule has 0 spiro atoms. The number of benzene rings is 1. The molecule has 0 unspecified atom stereocenters. The first-order valence-electron chi connectivity index (χ1n) is 6.24. The molecule has 0 aliphatic rings. The molecule has 2 aromatic heterocycles. The lowest BCUT2D eigenvalue weighted by Gasteiger charge is -2.00.